The van der Waals surface area contributed by atoms with E-state index in [1.54, 1.807) is 29.9 Å². The maximum absolute atomic E-state index is 12.0. The van der Waals surface area contributed by atoms with Crippen LogP contribution in [0.2, 0.25) is 0 Å². The summed E-state index contributed by atoms with van der Waals surface area (Å²) >= 11 is 0. The third-order valence-electron chi connectivity index (χ3n) is 2.97. The molecule has 2 N–H and O–H groups in total. The normalized spacial score (nSPS) is 13.8. The summed E-state index contributed by atoms with van der Waals surface area (Å²) in [6, 6.07) is 9.01. The molecular formula is C15H19N3O2. The van der Waals surface area contributed by atoms with Crippen LogP contribution in [-0.2, 0) is 0 Å². The first-order chi connectivity index (χ1) is 9.56. The molecule has 2 aromatic rings. The quantitative estimate of drug-likeness (QED) is 0.872. The van der Waals surface area contributed by atoms with Crippen molar-refractivity contribution in [3.05, 3.63) is 48.3 Å². The van der Waals surface area contributed by atoms with Gasteiger partial charge in [-0.1, -0.05) is 0 Å². The van der Waals surface area contributed by atoms with Gasteiger partial charge in [0.05, 0.1) is 11.8 Å². The van der Waals surface area contributed by atoms with Gasteiger partial charge in [-0.25, -0.2) is 4.68 Å². The van der Waals surface area contributed by atoms with Crippen LogP contribution in [0.5, 0.6) is 0 Å². The van der Waals surface area contributed by atoms with Crippen molar-refractivity contribution in [2.45, 2.75) is 32.4 Å². The molecule has 1 aromatic carbocycles. The fourth-order valence-electron chi connectivity index (χ4n) is 2.06. The van der Waals surface area contributed by atoms with Crippen molar-refractivity contribution in [3.8, 4) is 5.69 Å². The molecule has 0 fully saturated rings. The number of amides is 1. The Morgan fingerprint density at radius 1 is 1.35 bits per heavy atom. The van der Waals surface area contributed by atoms with Gasteiger partial charge in [0.2, 0.25) is 0 Å². The molecule has 0 aliphatic rings. The van der Waals surface area contributed by atoms with E-state index < -0.39 is 6.10 Å². The summed E-state index contributed by atoms with van der Waals surface area (Å²) in [5.41, 5.74) is 1.50. The van der Waals surface area contributed by atoms with Gasteiger partial charge >= 0.3 is 0 Å². The van der Waals surface area contributed by atoms with Crippen molar-refractivity contribution in [3.63, 3.8) is 0 Å². The number of hydrogen-bond donors (Lipinski definition) is 2. The number of aromatic nitrogens is 2. The Morgan fingerprint density at radius 3 is 2.60 bits per heavy atom. The number of nitrogens with one attached hydrogen (secondary N) is 1. The average molecular weight is 273 g/mol. The summed E-state index contributed by atoms with van der Waals surface area (Å²) in [5.74, 6) is -0.134. The van der Waals surface area contributed by atoms with E-state index in [0.717, 1.165) is 5.69 Å². The minimum Gasteiger partial charge on any atom is -0.393 e. The van der Waals surface area contributed by atoms with Crippen molar-refractivity contribution in [1.82, 2.24) is 15.1 Å². The number of aliphatic hydroxyl groups excluding tert-OH is 1. The number of nitrogens with zero attached hydrogens (tertiary/aromatic N) is 2. The summed E-state index contributed by atoms with van der Waals surface area (Å²) in [7, 11) is 0. The molecule has 1 amide bonds. The standard InChI is InChI=1S/C15H19N3O2/c1-11(10-12(2)19)17-15(20)13-4-6-14(7-5-13)18-9-3-8-16-18/h3-9,11-12,19H,10H2,1-2H3,(H,17,20). The van der Waals surface area contributed by atoms with Crippen LogP contribution in [0.1, 0.15) is 30.6 Å². The highest BCUT2D eigenvalue weighted by atomic mass is 16.3. The average Bonchev–Trinajstić information content (AvgIpc) is 2.91. The van der Waals surface area contributed by atoms with Crippen molar-refractivity contribution in [2.75, 3.05) is 0 Å². The molecule has 2 unspecified atom stereocenters. The highest BCUT2D eigenvalue weighted by molar-refractivity contribution is 5.94. The summed E-state index contributed by atoms with van der Waals surface area (Å²) in [5, 5.41) is 16.3. The van der Waals surface area contributed by atoms with Crippen molar-refractivity contribution >= 4 is 5.91 Å². The van der Waals surface area contributed by atoms with Gasteiger partial charge in [-0.2, -0.15) is 5.10 Å². The second-order valence-corrected chi connectivity index (χ2v) is 4.96. The van der Waals surface area contributed by atoms with E-state index in [4.69, 9.17) is 0 Å². The van der Waals surface area contributed by atoms with Gasteiger partial charge in [-0.3, -0.25) is 4.79 Å². The molecule has 0 bridgehead atoms. The molecular weight excluding hydrogens is 254 g/mol. The molecule has 0 saturated carbocycles. The van der Waals surface area contributed by atoms with Crippen molar-refractivity contribution in [1.29, 1.82) is 0 Å². The maximum atomic E-state index is 12.0. The largest absolute Gasteiger partial charge is 0.393 e. The number of benzene rings is 1. The van der Waals surface area contributed by atoms with E-state index in [9.17, 15) is 9.90 Å². The molecule has 1 aromatic heterocycles. The highest BCUT2D eigenvalue weighted by Gasteiger charge is 2.11. The van der Waals surface area contributed by atoms with Crippen molar-refractivity contribution < 1.29 is 9.90 Å². The van der Waals surface area contributed by atoms with Gasteiger partial charge < -0.3 is 10.4 Å². The van der Waals surface area contributed by atoms with Crippen LogP contribution in [0.25, 0.3) is 5.69 Å². The Kier molecular flexibility index (Phi) is 4.53. The lowest BCUT2D eigenvalue weighted by atomic mass is 10.1. The van der Waals surface area contributed by atoms with E-state index >= 15 is 0 Å². The number of hydrogen-bond acceptors (Lipinski definition) is 3. The fourth-order valence-corrected chi connectivity index (χ4v) is 2.06. The molecule has 0 aliphatic heterocycles. The molecule has 1 heterocycles. The first-order valence-corrected chi connectivity index (χ1v) is 6.65. The Bertz CT molecular complexity index is 547. The monoisotopic (exact) mass is 273 g/mol. The van der Waals surface area contributed by atoms with Gasteiger partial charge in [-0.15, -0.1) is 0 Å². The lowest BCUT2D eigenvalue weighted by molar-refractivity contribution is 0.0923. The third kappa shape index (κ3) is 3.68. The number of rotatable bonds is 5. The van der Waals surface area contributed by atoms with Gasteiger partial charge in [0.15, 0.2) is 0 Å². The highest BCUT2D eigenvalue weighted by Crippen LogP contribution is 2.09. The fraction of sp³-hybridized carbons (Fsp3) is 0.333. The molecule has 5 nitrogen and oxygen atoms in total. The van der Waals surface area contributed by atoms with Gasteiger partial charge in [-0.05, 0) is 50.6 Å². The summed E-state index contributed by atoms with van der Waals surface area (Å²) in [6.45, 7) is 3.59. The minimum absolute atomic E-state index is 0.0618. The van der Waals surface area contributed by atoms with Crippen LogP contribution in [0.4, 0.5) is 0 Å². The molecule has 2 atom stereocenters. The van der Waals surface area contributed by atoms with Crippen LogP contribution in [0.3, 0.4) is 0 Å². The Balaban J connectivity index is 2.01. The summed E-state index contributed by atoms with van der Waals surface area (Å²) in [4.78, 5) is 12.0. The van der Waals surface area contributed by atoms with E-state index in [1.165, 1.54) is 0 Å². The molecule has 0 radical (unpaired) electrons. The predicted molar refractivity (Wildman–Crippen MR) is 76.8 cm³/mol. The molecule has 106 valence electrons. The van der Waals surface area contributed by atoms with Gasteiger partial charge in [0, 0.05) is 24.0 Å². The lowest BCUT2D eigenvalue weighted by Gasteiger charge is -2.15. The molecule has 0 aliphatic carbocycles. The Morgan fingerprint density at radius 2 is 2.05 bits per heavy atom. The molecule has 5 heteroatoms. The first kappa shape index (κ1) is 14.3. The van der Waals surface area contributed by atoms with E-state index in [1.807, 2.05) is 31.3 Å². The zero-order valence-electron chi connectivity index (χ0n) is 11.7. The van der Waals surface area contributed by atoms with Crippen LogP contribution < -0.4 is 5.32 Å². The van der Waals surface area contributed by atoms with Crippen molar-refractivity contribution in [2.24, 2.45) is 0 Å². The number of aliphatic hydroxyl groups is 1. The zero-order chi connectivity index (χ0) is 14.5. The third-order valence-corrected chi connectivity index (χ3v) is 2.97. The second-order valence-electron chi connectivity index (χ2n) is 4.96. The summed E-state index contributed by atoms with van der Waals surface area (Å²) < 4.78 is 1.73. The topological polar surface area (TPSA) is 67.2 Å². The SMILES string of the molecule is CC(O)CC(C)NC(=O)c1ccc(-n2cccn2)cc1. The minimum atomic E-state index is -0.424. The Labute approximate surface area is 118 Å². The number of carbonyl (C=O) groups is 1. The number of carbonyl (C=O) groups excluding carboxylic acids is 1. The Hall–Kier alpha value is -2.14. The van der Waals surface area contributed by atoms with E-state index in [2.05, 4.69) is 10.4 Å². The molecule has 0 saturated heterocycles. The van der Waals surface area contributed by atoms with Crippen LogP contribution in [-0.4, -0.2) is 32.9 Å². The molecule has 20 heavy (non-hydrogen) atoms. The molecule has 0 spiro atoms. The maximum Gasteiger partial charge on any atom is 0.251 e. The van der Waals surface area contributed by atoms with Crippen LogP contribution in [0, 0.1) is 0 Å². The summed E-state index contributed by atoms with van der Waals surface area (Å²) in [6.07, 6.45) is 3.67. The van der Waals surface area contributed by atoms with Crippen LogP contribution >= 0.6 is 0 Å². The zero-order valence-corrected chi connectivity index (χ0v) is 11.7. The van der Waals surface area contributed by atoms with Gasteiger partial charge in [0.1, 0.15) is 0 Å². The van der Waals surface area contributed by atoms with E-state index in [-0.39, 0.29) is 11.9 Å². The second kappa shape index (κ2) is 6.34. The first-order valence-electron chi connectivity index (χ1n) is 6.65. The molecule has 2 rings (SSSR count). The smallest absolute Gasteiger partial charge is 0.251 e. The van der Waals surface area contributed by atoms with Gasteiger partial charge in [0.25, 0.3) is 5.91 Å². The van der Waals surface area contributed by atoms with Crippen LogP contribution in [0.15, 0.2) is 42.7 Å². The van der Waals surface area contributed by atoms with E-state index in [0.29, 0.717) is 12.0 Å². The lowest BCUT2D eigenvalue weighted by Crippen LogP contribution is -2.34. The predicted octanol–water partition coefficient (Wildman–Crippen LogP) is 1.76.